The van der Waals surface area contributed by atoms with Crippen molar-refractivity contribution in [3.63, 3.8) is 0 Å². The van der Waals surface area contributed by atoms with E-state index >= 15 is 0 Å². The first-order valence-corrected chi connectivity index (χ1v) is 5.10. The van der Waals surface area contributed by atoms with E-state index in [-0.39, 0.29) is 13.2 Å². The smallest absolute Gasteiger partial charge is 0.0733 e. The Morgan fingerprint density at radius 3 is 1.86 bits per heavy atom. The molecule has 0 amide bonds. The number of hydrogen-bond acceptors (Lipinski definition) is 5. The average Bonchev–Trinajstić information content (AvgIpc) is 2.18. The topological polar surface area (TPSA) is 62.2 Å². The summed E-state index contributed by atoms with van der Waals surface area (Å²) < 4.78 is 0. The van der Waals surface area contributed by atoms with E-state index in [1.807, 2.05) is 6.92 Å². The second kappa shape index (κ2) is 10.9. The van der Waals surface area contributed by atoms with Crippen molar-refractivity contribution in [1.29, 1.82) is 0 Å². The van der Waals surface area contributed by atoms with Gasteiger partial charge in [0, 0.05) is 13.2 Å². The van der Waals surface area contributed by atoms with Gasteiger partial charge in [-0.25, -0.2) is 0 Å². The lowest BCUT2D eigenvalue weighted by Crippen LogP contribution is -2.27. The van der Waals surface area contributed by atoms with Crippen LogP contribution in [0.5, 0.6) is 0 Å². The quantitative estimate of drug-likeness (QED) is 0.399. The van der Waals surface area contributed by atoms with E-state index in [0.29, 0.717) is 32.6 Å². The first-order chi connectivity index (χ1) is 6.85. The molecule has 0 aromatic heterocycles. The van der Waals surface area contributed by atoms with E-state index in [1.165, 1.54) is 5.23 Å². The monoisotopic (exact) mass is 207 g/mol. The molecule has 0 aliphatic carbocycles. The number of aliphatic hydroxyl groups excluding tert-OH is 2. The zero-order chi connectivity index (χ0) is 10.6. The standard InChI is InChI=1S/C9H21NO4/c1-2-5-10(13-8-3-6-11)14-9-4-7-12/h11-12H,2-9H2,1H3. The molecule has 0 aromatic carbocycles. The molecule has 0 fully saturated rings. The third kappa shape index (κ3) is 8.40. The molecule has 0 atom stereocenters. The van der Waals surface area contributed by atoms with Crippen LogP contribution in [0.1, 0.15) is 26.2 Å². The maximum Gasteiger partial charge on any atom is 0.0733 e. The summed E-state index contributed by atoms with van der Waals surface area (Å²) >= 11 is 0. The van der Waals surface area contributed by atoms with Crippen molar-refractivity contribution in [2.24, 2.45) is 0 Å². The van der Waals surface area contributed by atoms with E-state index in [1.54, 1.807) is 0 Å². The fourth-order valence-electron chi connectivity index (χ4n) is 0.811. The summed E-state index contributed by atoms with van der Waals surface area (Å²) in [6.07, 6.45) is 2.13. The molecule has 0 radical (unpaired) electrons. The summed E-state index contributed by atoms with van der Waals surface area (Å²) in [4.78, 5) is 10.5. The minimum atomic E-state index is 0.122. The summed E-state index contributed by atoms with van der Waals surface area (Å²) in [5.41, 5.74) is 0. The Bertz CT molecular complexity index is 103. The second-order valence-corrected chi connectivity index (χ2v) is 2.88. The van der Waals surface area contributed by atoms with Gasteiger partial charge in [0.2, 0.25) is 0 Å². The lowest BCUT2D eigenvalue weighted by molar-refractivity contribution is -0.369. The zero-order valence-electron chi connectivity index (χ0n) is 8.81. The molecule has 0 heterocycles. The van der Waals surface area contributed by atoms with E-state index in [2.05, 4.69) is 0 Å². The number of hydroxylamine groups is 2. The first kappa shape index (κ1) is 13.8. The lowest BCUT2D eigenvalue weighted by Gasteiger charge is -2.19. The van der Waals surface area contributed by atoms with Crippen LogP contribution in [0.15, 0.2) is 0 Å². The molecule has 0 aliphatic rings. The van der Waals surface area contributed by atoms with Crippen LogP contribution in [-0.2, 0) is 9.68 Å². The van der Waals surface area contributed by atoms with E-state index in [4.69, 9.17) is 19.9 Å². The Labute approximate surface area is 85.1 Å². The predicted octanol–water partition coefficient (Wildman–Crippen LogP) is 0.326. The van der Waals surface area contributed by atoms with Gasteiger partial charge in [-0.3, -0.25) is 9.68 Å². The highest BCUT2D eigenvalue weighted by molar-refractivity contribution is 4.34. The van der Waals surface area contributed by atoms with Crippen LogP contribution < -0.4 is 0 Å². The molecule has 0 aliphatic heterocycles. The second-order valence-electron chi connectivity index (χ2n) is 2.88. The summed E-state index contributed by atoms with van der Waals surface area (Å²) in [6.45, 7) is 3.87. The van der Waals surface area contributed by atoms with Crippen molar-refractivity contribution < 1.29 is 19.9 Å². The van der Waals surface area contributed by atoms with E-state index < -0.39 is 0 Å². The van der Waals surface area contributed by atoms with Crippen LogP contribution in [0.2, 0.25) is 0 Å². The average molecular weight is 207 g/mol. The Morgan fingerprint density at radius 1 is 1.00 bits per heavy atom. The van der Waals surface area contributed by atoms with Crippen LogP contribution in [0, 0.1) is 0 Å². The van der Waals surface area contributed by atoms with Crippen LogP contribution in [0.3, 0.4) is 0 Å². The van der Waals surface area contributed by atoms with Crippen LogP contribution in [0.4, 0.5) is 0 Å². The van der Waals surface area contributed by atoms with Gasteiger partial charge in [0.1, 0.15) is 0 Å². The molecule has 5 heteroatoms. The fraction of sp³-hybridized carbons (Fsp3) is 1.00. The van der Waals surface area contributed by atoms with Gasteiger partial charge in [-0.15, -0.1) is 0 Å². The molecule has 5 nitrogen and oxygen atoms in total. The highest BCUT2D eigenvalue weighted by Gasteiger charge is 2.03. The SMILES string of the molecule is CCCN(OCCCO)OCCCO. The molecule has 86 valence electrons. The Kier molecular flexibility index (Phi) is 10.7. The summed E-state index contributed by atoms with van der Waals surface area (Å²) in [6, 6.07) is 0. The van der Waals surface area contributed by atoms with Gasteiger partial charge in [-0.05, 0) is 19.3 Å². The normalized spacial score (nSPS) is 11.1. The van der Waals surface area contributed by atoms with Gasteiger partial charge < -0.3 is 10.2 Å². The lowest BCUT2D eigenvalue weighted by atomic mass is 10.5. The van der Waals surface area contributed by atoms with E-state index in [9.17, 15) is 0 Å². The number of rotatable bonds is 10. The van der Waals surface area contributed by atoms with Crippen LogP contribution >= 0.6 is 0 Å². The van der Waals surface area contributed by atoms with Gasteiger partial charge in [-0.1, -0.05) is 12.2 Å². The van der Waals surface area contributed by atoms with Crippen molar-refractivity contribution in [2.45, 2.75) is 26.2 Å². The summed E-state index contributed by atoms with van der Waals surface area (Å²) in [7, 11) is 0. The van der Waals surface area contributed by atoms with Gasteiger partial charge in [0.15, 0.2) is 0 Å². The predicted molar refractivity (Wildman–Crippen MR) is 52.3 cm³/mol. The van der Waals surface area contributed by atoms with Gasteiger partial charge >= 0.3 is 0 Å². The van der Waals surface area contributed by atoms with Gasteiger partial charge in [0.05, 0.1) is 19.8 Å². The molecule has 0 aromatic rings. The minimum absolute atomic E-state index is 0.122. The van der Waals surface area contributed by atoms with Crippen LogP contribution in [0.25, 0.3) is 0 Å². The molecular formula is C9H21NO4. The van der Waals surface area contributed by atoms with Crippen LogP contribution in [-0.4, -0.2) is 48.4 Å². The van der Waals surface area contributed by atoms with Gasteiger partial charge in [0.25, 0.3) is 0 Å². The zero-order valence-corrected chi connectivity index (χ0v) is 8.81. The largest absolute Gasteiger partial charge is 0.396 e. The molecule has 0 spiro atoms. The Morgan fingerprint density at radius 2 is 1.50 bits per heavy atom. The summed E-state index contributed by atoms with van der Waals surface area (Å²) in [5.74, 6) is 0. The Hall–Kier alpha value is -0.200. The number of aliphatic hydroxyl groups is 2. The third-order valence-corrected chi connectivity index (χ3v) is 1.48. The molecule has 0 unspecified atom stereocenters. The summed E-state index contributed by atoms with van der Waals surface area (Å²) in [5, 5.41) is 18.5. The molecule has 2 N–H and O–H groups in total. The maximum absolute atomic E-state index is 8.55. The van der Waals surface area contributed by atoms with E-state index in [0.717, 1.165) is 6.42 Å². The minimum Gasteiger partial charge on any atom is -0.396 e. The number of hydrogen-bond donors (Lipinski definition) is 2. The Balaban J connectivity index is 3.44. The fourth-order valence-corrected chi connectivity index (χ4v) is 0.811. The van der Waals surface area contributed by atoms with Gasteiger partial charge in [-0.2, -0.15) is 0 Å². The van der Waals surface area contributed by atoms with Crippen molar-refractivity contribution in [3.8, 4) is 0 Å². The molecule has 14 heavy (non-hydrogen) atoms. The molecule has 0 rings (SSSR count). The molecule has 0 bridgehead atoms. The van der Waals surface area contributed by atoms with Crippen molar-refractivity contribution >= 4 is 0 Å². The molecular weight excluding hydrogens is 186 g/mol. The van der Waals surface area contributed by atoms with Crippen molar-refractivity contribution in [1.82, 2.24) is 5.23 Å². The van der Waals surface area contributed by atoms with Crippen molar-refractivity contribution in [3.05, 3.63) is 0 Å². The molecule has 0 saturated carbocycles. The molecule has 0 saturated heterocycles. The highest BCUT2D eigenvalue weighted by Crippen LogP contribution is 1.97. The maximum atomic E-state index is 8.55. The third-order valence-electron chi connectivity index (χ3n) is 1.48. The highest BCUT2D eigenvalue weighted by atomic mass is 16.9. The van der Waals surface area contributed by atoms with Crippen molar-refractivity contribution in [2.75, 3.05) is 33.0 Å². The number of nitrogens with zero attached hydrogens (tertiary/aromatic N) is 1. The first-order valence-electron chi connectivity index (χ1n) is 5.10.